The third-order valence-electron chi connectivity index (χ3n) is 7.00. The Morgan fingerprint density at radius 3 is 2.24 bits per heavy atom. The minimum Gasteiger partial charge on any atom is -0.490 e. The number of benzene rings is 1. The number of allylic oxidation sites excluding steroid dienone is 1. The van der Waals surface area contributed by atoms with Crippen LogP contribution in [0.1, 0.15) is 96.5 Å². The summed E-state index contributed by atoms with van der Waals surface area (Å²) in [7, 11) is 0. The molecule has 3 heteroatoms. The van der Waals surface area contributed by atoms with E-state index in [0.717, 1.165) is 35.4 Å². The van der Waals surface area contributed by atoms with Crippen molar-refractivity contribution in [2.24, 2.45) is 11.8 Å². The largest absolute Gasteiger partial charge is 0.490 e. The minimum absolute atomic E-state index is 0.638. The first-order chi connectivity index (χ1) is 16.3. The van der Waals surface area contributed by atoms with Gasteiger partial charge in [-0.3, -0.25) is 0 Å². The SMILES string of the molecule is CCCCCCc1cnc(-c2ccc(OC/C=C/[C@H]3CC[C@H](CCCCC)CC3)cc2)nc1. The molecule has 180 valence electrons. The quantitative estimate of drug-likeness (QED) is 0.214. The molecule has 1 fully saturated rings. The molecule has 0 aliphatic heterocycles. The van der Waals surface area contributed by atoms with Crippen molar-refractivity contribution in [2.45, 2.75) is 97.3 Å². The van der Waals surface area contributed by atoms with Crippen LogP contribution in [0.4, 0.5) is 0 Å². The molecule has 0 amide bonds. The zero-order chi connectivity index (χ0) is 23.1. The number of ether oxygens (including phenoxy) is 1. The Balaban J connectivity index is 1.36. The summed E-state index contributed by atoms with van der Waals surface area (Å²) in [4.78, 5) is 9.14. The number of unbranched alkanes of at least 4 members (excludes halogenated alkanes) is 5. The number of rotatable bonds is 14. The van der Waals surface area contributed by atoms with Crippen LogP contribution < -0.4 is 4.74 Å². The lowest BCUT2D eigenvalue weighted by atomic mass is 9.79. The molecule has 1 heterocycles. The van der Waals surface area contributed by atoms with Crippen LogP contribution in [-0.4, -0.2) is 16.6 Å². The Kier molecular flexibility index (Phi) is 11.5. The molecule has 1 aromatic carbocycles. The second-order valence-corrected chi connectivity index (χ2v) is 9.77. The van der Waals surface area contributed by atoms with Crippen molar-refractivity contribution in [3.05, 3.63) is 54.4 Å². The van der Waals surface area contributed by atoms with Crippen LogP contribution in [0, 0.1) is 11.8 Å². The van der Waals surface area contributed by atoms with Crippen LogP contribution in [0.3, 0.4) is 0 Å². The summed E-state index contributed by atoms with van der Waals surface area (Å²) < 4.78 is 5.93. The van der Waals surface area contributed by atoms with E-state index >= 15 is 0 Å². The van der Waals surface area contributed by atoms with Crippen molar-refractivity contribution in [3.63, 3.8) is 0 Å². The fourth-order valence-corrected chi connectivity index (χ4v) is 4.83. The van der Waals surface area contributed by atoms with E-state index < -0.39 is 0 Å². The molecule has 0 saturated heterocycles. The van der Waals surface area contributed by atoms with Gasteiger partial charge in [0.15, 0.2) is 5.82 Å². The molecule has 0 bridgehead atoms. The van der Waals surface area contributed by atoms with Crippen LogP contribution in [0.25, 0.3) is 11.4 Å². The average molecular weight is 449 g/mol. The van der Waals surface area contributed by atoms with Crippen molar-refractivity contribution < 1.29 is 4.74 Å². The van der Waals surface area contributed by atoms with Gasteiger partial charge in [-0.2, -0.15) is 0 Å². The van der Waals surface area contributed by atoms with Crippen molar-refractivity contribution in [3.8, 4) is 17.1 Å². The molecule has 1 saturated carbocycles. The molecular formula is C30H44N2O. The first-order valence-corrected chi connectivity index (χ1v) is 13.5. The van der Waals surface area contributed by atoms with E-state index in [-0.39, 0.29) is 0 Å². The van der Waals surface area contributed by atoms with Crippen molar-refractivity contribution in [1.82, 2.24) is 9.97 Å². The molecule has 0 radical (unpaired) electrons. The molecule has 2 aromatic rings. The Bertz CT molecular complexity index is 789. The molecular weight excluding hydrogens is 404 g/mol. The van der Waals surface area contributed by atoms with Gasteiger partial charge in [-0.15, -0.1) is 0 Å². The fraction of sp³-hybridized carbons (Fsp3) is 0.600. The maximum Gasteiger partial charge on any atom is 0.159 e. The fourth-order valence-electron chi connectivity index (χ4n) is 4.83. The Labute approximate surface area is 202 Å². The van der Waals surface area contributed by atoms with Gasteiger partial charge in [0.25, 0.3) is 0 Å². The van der Waals surface area contributed by atoms with Gasteiger partial charge in [0.05, 0.1) is 0 Å². The molecule has 33 heavy (non-hydrogen) atoms. The lowest BCUT2D eigenvalue weighted by molar-refractivity contribution is 0.288. The standard InChI is InChI=1S/C30H44N2O/c1-3-5-7-9-12-27-23-31-30(32-24-27)28-18-20-29(21-19-28)33-22-10-13-26-16-14-25(15-17-26)11-8-6-4-2/h10,13,18-21,23-26H,3-9,11-12,14-17,22H2,1-2H3/b13-10+/t25-,26-. The molecule has 0 atom stereocenters. The van der Waals surface area contributed by atoms with E-state index in [4.69, 9.17) is 4.74 Å². The molecule has 1 aliphatic carbocycles. The summed E-state index contributed by atoms with van der Waals surface area (Å²) in [5, 5.41) is 0. The molecule has 1 aliphatic rings. The van der Waals surface area contributed by atoms with E-state index in [1.54, 1.807) is 0 Å². The number of hydrogen-bond donors (Lipinski definition) is 0. The highest BCUT2D eigenvalue weighted by atomic mass is 16.5. The average Bonchev–Trinajstić information content (AvgIpc) is 2.86. The zero-order valence-corrected chi connectivity index (χ0v) is 21.0. The number of hydrogen-bond acceptors (Lipinski definition) is 3. The molecule has 0 spiro atoms. The summed E-state index contributed by atoms with van der Waals surface area (Å²) in [5.41, 5.74) is 2.26. The lowest BCUT2D eigenvalue weighted by Gasteiger charge is -2.26. The highest BCUT2D eigenvalue weighted by Gasteiger charge is 2.18. The van der Waals surface area contributed by atoms with E-state index in [1.807, 2.05) is 24.5 Å². The maximum atomic E-state index is 5.93. The normalized spacial score (nSPS) is 18.6. The van der Waals surface area contributed by atoms with Gasteiger partial charge in [0, 0.05) is 18.0 Å². The molecule has 1 aromatic heterocycles. The summed E-state index contributed by atoms with van der Waals surface area (Å²) in [5.74, 6) is 3.40. The monoisotopic (exact) mass is 448 g/mol. The summed E-state index contributed by atoms with van der Waals surface area (Å²) in [6.45, 7) is 5.17. The minimum atomic E-state index is 0.638. The lowest BCUT2D eigenvalue weighted by Crippen LogP contribution is -2.13. The van der Waals surface area contributed by atoms with Gasteiger partial charge < -0.3 is 4.74 Å². The van der Waals surface area contributed by atoms with Crippen LogP contribution in [0.2, 0.25) is 0 Å². The second kappa shape index (κ2) is 14.9. The maximum absolute atomic E-state index is 5.93. The second-order valence-electron chi connectivity index (χ2n) is 9.77. The highest BCUT2D eigenvalue weighted by molar-refractivity contribution is 5.55. The topological polar surface area (TPSA) is 35.0 Å². The van der Waals surface area contributed by atoms with Crippen molar-refractivity contribution in [2.75, 3.05) is 6.61 Å². The molecule has 3 rings (SSSR count). The smallest absolute Gasteiger partial charge is 0.159 e. The van der Waals surface area contributed by atoms with Gasteiger partial charge in [0.1, 0.15) is 12.4 Å². The predicted octanol–water partition coefficient (Wildman–Crippen LogP) is 8.59. The van der Waals surface area contributed by atoms with Crippen LogP contribution in [0.5, 0.6) is 5.75 Å². The van der Waals surface area contributed by atoms with Gasteiger partial charge in [0.2, 0.25) is 0 Å². The van der Waals surface area contributed by atoms with E-state index in [1.165, 1.54) is 82.6 Å². The summed E-state index contributed by atoms with van der Waals surface area (Å²) in [6, 6.07) is 8.14. The zero-order valence-electron chi connectivity index (χ0n) is 21.0. The summed E-state index contributed by atoms with van der Waals surface area (Å²) in [6.07, 6.45) is 25.8. The Morgan fingerprint density at radius 2 is 1.55 bits per heavy atom. The third kappa shape index (κ3) is 9.31. The van der Waals surface area contributed by atoms with Gasteiger partial charge in [-0.25, -0.2) is 9.97 Å². The van der Waals surface area contributed by atoms with E-state index in [0.29, 0.717) is 6.61 Å². The Hall–Kier alpha value is -2.16. The van der Waals surface area contributed by atoms with Gasteiger partial charge in [-0.1, -0.05) is 70.9 Å². The number of nitrogens with zero attached hydrogens (tertiary/aromatic N) is 2. The predicted molar refractivity (Wildman–Crippen MR) is 140 cm³/mol. The number of aromatic nitrogens is 2. The highest BCUT2D eigenvalue weighted by Crippen LogP contribution is 2.32. The molecule has 0 N–H and O–H groups in total. The Morgan fingerprint density at radius 1 is 0.848 bits per heavy atom. The van der Waals surface area contributed by atoms with E-state index in [9.17, 15) is 0 Å². The van der Waals surface area contributed by atoms with E-state index in [2.05, 4.69) is 48.1 Å². The van der Waals surface area contributed by atoms with Crippen LogP contribution in [0.15, 0.2) is 48.8 Å². The molecule has 3 nitrogen and oxygen atoms in total. The summed E-state index contributed by atoms with van der Waals surface area (Å²) >= 11 is 0. The van der Waals surface area contributed by atoms with Gasteiger partial charge in [-0.05, 0) is 80.2 Å². The van der Waals surface area contributed by atoms with Gasteiger partial charge >= 0.3 is 0 Å². The van der Waals surface area contributed by atoms with Crippen molar-refractivity contribution >= 4 is 0 Å². The number of aryl methyl sites for hydroxylation is 1. The first-order valence-electron chi connectivity index (χ1n) is 13.5. The third-order valence-corrected chi connectivity index (χ3v) is 7.00. The van der Waals surface area contributed by atoms with Crippen LogP contribution in [-0.2, 0) is 6.42 Å². The van der Waals surface area contributed by atoms with Crippen molar-refractivity contribution in [1.29, 1.82) is 0 Å². The van der Waals surface area contributed by atoms with Crippen LogP contribution >= 0.6 is 0 Å². The first kappa shape index (κ1) is 25.5. The molecule has 0 unspecified atom stereocenters.